The van der Waals surface area contributed by atoms with E-state index < -0.39 is 0 Å². The standard InChI is InChI=1S/C10H16N2S/c1-3-6-13-10-9(7-11)8(2)4-5-12-10/h4-5H,3,6-7,11H2,1-2H3. The number of rotatable bonds is 4. The Morgan fingerprint density at radius 2 is 2.31 bits per heavy atom. The molecule has 0 amide bonds. The minimum atomic E-state index is 0.589. The van der Waals surface area contributed by atoms with Gasteiger partial charge in [0.1, 0.15) is 5.03 Å². The fraction of sp³-hybridized carbons (Fsp3) is 0.500. The Hall–Kier alpha value is -0.540. The third-order valence-corrected chi connectivity index (χ3v) is 3.14. The fourth-order valence-corrected chi connectivity index (χ4v) is 2.09. The van der Waals surface area contributed by atoms with Gasteiger partial charge in [-0.05, 0) is 30.7 Å². The van der Waals surface area contributed by atoms with Crippen molar-refractivity contribution in [2.45, 2.75) is 31.8 Å². The Balaban J connectivity index is 2.85. The molecule has 0 fully saturated rings. The SMILES string of the molecule is CCCSc1nccc(C)c1CN. The highest BCUT2D eigenvalue weighted by Gasteiger charge is 2.04. The van der Waals surface area contributed by atoms with Gasteiger partial charge in [-0.15, -0.1) is 11.8 Å². The summed E-state index contributed by atoms with van der Waals surface area (Å²) in [7, 11) is 0. The lowest BCUT2D eigenvalue weighted by Crippen LogP contribution is -2.02. The molecule has 1 aromatic heterocycles. The minimum Gasteiger partial charge on any atom is -0.326 e. The van der Waals surface area contributed by atoms with E-state index in [1.807, 2.05) is 12.3 Å². The van der Waals surface area contributed by atoms with Crippen LogP contribution in [0.1, 0.15) is 24.5 Å². The van der Waals surface area contributed by atoms with Gasteiger partial charge in [0.05, 0.1) is 0 Å². The summed E-state index contributed by atoms with van der Waals surface area (Å²) >= 11 is 1.79. The van der Waals surface area contributed by atoms with Crippen LogP contribution in [0.3, 0.4) is 0 Å². The summed E-state index contributed by atoms with van der Waals surface area (Å²) in [5.74, 6) is 1.11. The van der Waals surface area contributed by atoms with Gasteiger partial charge in [-0.25, -0.2) is 4.98 Å². The molecule has 2 nitrogen and oxygen atoms in total. The highest BCUT2D eigenvalue weighted by atomic mass is 32.2. The first-order chi connectivity index (χ1) is 6.29. The summed E-state index contributed by atoms with van der Waals surface area (Å²) in [6.45, 7) is 4.84. The van der Waals surface area contributed by atoms with Crippen LogP contribution >= 0.6 is 11.8 Å². The lowest BCUT2D eigenvalue weighted by Gasteiger charge is -2.07. The summed E-state index contributed by atoms with van der Waals surface area (Å²) in [6, 6.07) is 2.01. The highest BCUT2D eigenvalue weighted by Crippen LogP contribution is 2.22. The van der Waals surface area contributed by atoms with E-state index >= 15 is 0 Å². The number of nitrogens with two attached hydrogens (primary N) is 1. The summed E-state index contributed by atoms with van der Waals surface area (Å²) in [6.07, 6.45) is 3.02. The lowest BCUT2D eigenvalue weighted by atomic mass is 10.2. The zero-order valence-electron chi connectivity index (χ0n) is 8.21. The van der Waals surface area contributed by atoms with Crippen molar-refractivity contribution in [1.29, 1.82) is 0 Å². The summed E-state index contributed by atoms with van der Waals surface area (Å²) in [5, 5.41) is 1.10. The van der Waals surface area contributed by atoms with Crippen molar-refractivity contribution < 1.29 is 0 Å². The first kappa shape index (κ1) is 10.5. The molecule has 0 saturated carbocycles. The van der Waals surface area contributed by atoms with Gasteiger partial charge in [-0.3, -0.25) is 0 Å². The van der Waals surface area contributed by atoms with Gasteiger partial charge in [0.2, 0.25) is 0 Å². The Morgan fingerprint density at radius 3 is 2.92 bits per heavy atom. The van der Waals surface area contributed by atoms with Crippen LogP contribution in [0, 0.1) is 6.92 Å². The maximum atomic E-state index is 5.67. The van der Waals surface area contributed by atoms with Gasteiger partial charge in [-0.2, -0.15) is 0 Å². The second kappa shape index (κ2) is 5.25. The van der Waals surface area contributed by atoms with Gasteiger partial charge in [0, 0.05) is 18.3 Å². The van der Waals surface area contributed by atoms with E-state index in [4.69, 9.17) is 5.73 Å². The van der Waals surface area contributed by atoms with Crippen LogP contribution in [-0.2, 0) is 6.54 Å². The summed E-state index contributed by atoms with van der Waals surface area (Å²) in [5.41, 5.74) is 8.11. The van der Waals surface area contributed by atoms with E-state index in [-0.39, 0.29) is 0 Å². The molecular weight excluding hydrogens is 180 g/mol. The van der Waals surface area contributed by atoms with Gasteiger partial charge in [0.25, 0.3) is 0 Å². The van der Waals surface area contributed by atoms with E-state index in [0.717, 1.165) is 10.8 Å². The van der Waals surface area contributed by atoms with Crippen LogP contribution in [0.2, 0.25) is 0 Å². The van der Waals surface area contributed by atoms with Crippen molar-refractivity contribution in [3.05, 3.63) is 23.4 Å². The van der Waals surface area contributed by atoms with Gasteiger partial charge in [0.15, 0.2) is 0 Å². The Morgan fingerprint density at radius 1 is 1.54 bits per heavy atom. The maximum absolute atomic E-state index is 5.67. The molecule has 0 aromatic carbocycles. The number of pyridine rings is 1. The number of hydrogen-bond donors (Lipinski definition) is 1. The molecule has 2 N–H and O–H groups in total. The molecule has 0 unspecified atom stereocenters. The molecule has 0 atom stereocenters. The number of aryl methyl sites for hydroxylation is 1. The third kappa shape index (κ3) is 2.71. The number of aromatic nitrogens is 1. The van der Waals surface area contributed by atoms with Gasteiger partial charge < -0.3 is 5.73 Å². The van der Waals surface area contributed by atoms with Crippen LogP contribution in [-0.4, -0.2) is 10.7 Å². The highest BCUT2D eigenvalue weighted by molar-refractivity contribution is 7.99. The van der Waals surface area contributed by atoms with Crippen molar-refractivity contribution in [2.24, 2.45) is 5.73 Å². The molecule has 1 rings (SSSR count). The molecule has 0 aliphatic carbocycles. The molecule has 0 spiro atoms. The summed E-state index contributed by atoms with van der Waals surface area (Å²) < 4.78 is 0. The average Bonchev–Trinajstić information content (AvgIpc) is 2.15. The molecule has 0 bridgehead atoms. The van der Waals surface area contributed by atoms with E-state index in [1.54, 1.807) is 11.8 Å². The van der Waals surface area contributed by atoms with Crippen molar-refractivity contribution in [2.75, 3.05) is 5.75 Å². The summed E-state index contributed by atoms with van der Waals surface area (Å²) in [4.78, 5) is 4.33. The molecule has 0 saturated heterocycles. The molecule has 0 radical (unpaired) electrons. The van der Waals surface area contributed by atoms with E-state index in [0.29, 0.717) is 6.54 Å². The molecule has 13 heavy (non-hydrogen) atoms. The number of thioether (sulfide) groups is 1. The topological polar surface area (TPSA) is 38.9 Å². The van der Waals surface area contributed by atoms with Crippen LogP contribution in [0.25, 0.3) is 0 Å². The van der Waals surface area contributed by atoms with Crippen LogP contribution in [0.15, 0.2) is 17.3 Å². The van der Waals surface area contributed by atoms with Crippen LogP contribution in [0.4, 0.5) is 0 Å². The number of hydrogen-bond acceptors (Lipinski definition) is 3. The molecule has 3 heteroatoms. The molecule has 0 aliphatic heterocycles. The van der Waals surface area contributed by atoms with Gasteiger partial charge in [-0.1, -0.05) is 6.92 Å². The first-order valence-electron chi connectivity index (χ1n) is 4.57. The van der Waals surface area contributed by atoms with E-state index in [1.165, 1.54) is 17.5 Å². The van der Waals surface area contributed by atoms with Gasteiger partial charge >= 0.3 is 0 Å². The zero-order chi connectivity index (χ0) is 9.68. The van der Waals surface area contributed by atoms with Crippen molar-refractivity contribution in [3.63, 3.8) is 0 Å². The molecule has 0 aliphatic rings. The Kier molecular flexibility index (Phi) is 4.25. The Labute approximate surface area is 83.9 Å². The van der Waals surface area contributed by atoms with Crippen LogP contribution in [0.5, 0.6) is 0 Å². The van der Waals surface area contributed by atoms with E-state index in [9.17, 15) is 0 Å². The second-order valence-corrected chi connectivity index (χ2v) is 4.05. The molecule has 1 heterocycles. The van der Waals surface area contributed by atoms with Crippen molar-refractivity contribution in [3.8, 4) is 0 Å². The monoisotopic (exact) mass is 196 g/mol. The Bertz CT molecular complexity index is 274. The quantitative estimate of drug-likeness (QED) is 0.751. The van der Waals surface area contributed by atoms with Crippen molar-refractivity contribution in [1.82, 2.24) is 4.98 Å². The predicted octanol–water partition coefficient (Wildman–Crippen LogP) is 2.35. The largest absolute Gasteiger partial charge is 0.326 e. The van der Waals surface area contributed by atoms with Crippen LogP contribution < -0.4 is 5.73 Å². The average molecular weight is 196 g/mol. The molecular formula is C10H16N2S. The fourth-order valence-electron chi connectivity index (χ4n) is 1.14. The van der Waals surface area contributed by atoms with E-state index in [2.05, 4.69) is 18.8 Å². The predicted molar refractivity (Wildman–Crippen MR) is 57.9 cm³/mol. The zero-order valence-corrected chi connectivity index (χ0v) is 9.03. The lowest BCUT2D eigenvalue weighted by molar-refractivity contribution is 0.940. The smallest absolute Gasteiger partial charge is 0.101 e. The third-order valence-electron chi connectivity index (χ3n) is 1.90. The second-order valence-electron chi connectivity index (χ2n) is 2.96. The molecule has 72 valence electrons. The number of nitrogens with zero attached hydrogens (tertiary/aromatic N) is 1. The maximum Gasteiger partial charge on any atom is 0.101 e. The minimum absolute atomic E-state index is 0.589. The van der Waals surface area contributed by atoms with Crippen molar-refractivity contribution >= 4 is 11.8 Å². The first-order valence-corrected chi connectivity index (χ1v) is 5.55. The normalized spacial score (nSPS) is 10.4. The molecule has 1 aromatic rings.